The first-order chi connectivity index (χ1) is 8.99. The molecule has 0 amide bonds. The van der Waals surface area contributed by atoms with Crippen LogP contribution in [0.15, 0.2) is 0 Å². The lowest BCUT2D eigenvalue weighted by molar-refractivity contribution is -0.384. The molecule has 0 aliphatic carbocycles. The molecule has 0 radical (unpaired) electrons. The van der Waals surface area contributed by atoms with Gasteiger partial charge in [-0.25, -0.2) is 4.98 Å². The predicted molar refractivity (Wildman–Crippen MR) is 73.7 cm³/mol. The molecule has 0 aliphatic heterocycles. The second kappa shape index (κ2) is 7.22. The van der Waals surface area contributed by atoms with E-state index >= 15 is 0 Å². The lowest BCUT2D eigenvalue weighted by Gasteiger charge is -2.12. The van der Waals surface area contributed by atoms with Gasteiger partial charge in [-0.15, -0.1) is 0 Å². The van der Waals surface area contributed by atoms with E-state index < -0.39 is 4.92 Å². The highest BCUT2D eigenvalue weighted by atomic mass is 35.5. The second-order valence-electron chi connectivity index (χ2n) is 3.92. The molecule has 1 heterocycles. The van der Waals surface area contributed by atoms with Crippen molar-refractivity contribution in [1.29, 1.82) is 0 Å². The predicted octanol–water partition coefficient (Wildman–Crippen LogP) is 1.65. The van der Waals surface area contributed by atoms with Crippen molar-refractivity contribution in [3.8, 4) is 0 Å². The lowest BCUT2D eigenvalue weighted by atomic mass is 10.1. The standard InChI is InChI=1S/C11H17ClN4O3/c1-7-8(2)15-11(12)10(16(17)18)9(7)14-4-6-19-5-3-13/h3-6,13H2,1-2H3,(H,14,15). The molecule has 0 aliphatic rings. The van der Waals surface area contributed by atoms with E-state index in [9.17, 15) is 10.1 Å². The van der Waals surface area contributed by atoms with E-state index in [0.717, 1.165) is 0 Å². The van der Waals surface area contributed by atoms with Gasteiger partial charge >= 0.3 is 5.69 Å². The van der Waals surface area contributed by atoms with Crippen molar-refractivity contribution in [2.75, 3.05) is 31.6 Å². The van der Waals surface area contributed by atoms with Crippen LogP contribution in [-0.2, 0) is 4.74 Å². The maximum atomic E-state index is 11.0. The number of anilines is 1. The topological polar surface area (TPSA) is 103 Å². The number of nitrogens with one attached hydrogen (secondary N) is 1. The van der Waals surface area contributed by atoms with Gasteiger partial charge < -0.3 is 15.8 Å². The first-order valence-electron chi connectivity index (χ1n) is 5.81. The molecule has 0 saturated carbocycles. The number of nitrogens with two attached hydrogens (primary N) is 1. The first kappa shape index (κ1) is 15.6. The average Bonchev–Trinajstić information content (AvgIpc) is 2.34. The minimum Gasteiger partial charge on any atom is -0.378 e. The van der Waals surface area contributed by atoms with Crippen molar-refractivity contribution < 1.29 is 9.66 Å². The molecule has 0 unspecified atom stereocenters. The van der Waals surface area contributed by atoms with Gasteiger partial charge in [0, 0.05) is 24.3 Å². The number of pyridine rings is 1. The molecular formula is C11H17ClN4O3. The third-order valence-electron chi connectivity index (χ3n) is 2.61. The van der Waals surface area contributed by atoms with Crippen LogP contribution in [0.1, 0.15) is 11.3 Å². The fraction of sp³-hybridized carbons (Fsp3) is 0.545. The lowest BCUT2D eigenvalue weighted by Crippen LogP contribution is -2.16. The summed E-state index contributed by atoms with van der Waals surface area (Å²) in [5, 5.41) is 13.9. The largest absolute Gasteiger partial charge is 0.378 e. The van der Waals surface area contributed by atoms with Gasteiger partial charge in [0.2, 0.25) is 5.15 Å². The summed E-state index contributed by atoms with van der Waals surface area (Å²) in [5.41, 5.74) is 6.83. The highest BCUT2D eigenvalue weighted by Crippen LogP contribution is 2.34. The van der Waals surface area contributed by atoms with Crippen LogP contribution in [0.2, 0.25) is 5.15 Å². The molecule has 106 valence electrons. The van der Waals surface area contributed by atoms with E-state index in [1.54, 1.807) is 13.8 Å². The monoisotopic (exact) mass is 288 g/mol. The summed E-state index contributed by atoms with van der Waals surface area (Å²) in [6, 6.07) is 0. The van der Waals surface area contributed by atoms with E-state index in [2.05, 4.69) is 10.3 Å². The molecule has 0 fully saturated rings. The van der Waals surface area contributed by atoms with Gasteiger partial charge in [0.15, 0.2) is 0 Å². The minimum atomic E-state index is -0.537. The zero-order valence-electron chi connectivity index (χ0n) is 10.9. The van der Waals surface area contributed by atoms with Gasteiger partial charge in [0.05, 0.1) is 18.1 Å². The Morgan fingerprint density at radius 2 is 2.16 bits per heavy atom. The Hall–Kier alpha value is -1.44. The Morgan fingerprint density at radius 3 is 2.74 bits per heavy atom. The highest BCUT2D eigenvalue weighted by molar-refractivity contribution is 6.32. The summed E-state index contributed by atoms with van der Waals surface area (Å²) in [4.78, 5) is 14.4. The van der Waals surface area contributed by atoms with E-state index in [0.29, 0.717) is 43.2 Å². The van der Waals surface area contributed by atoms with Crippen LogP contribution >= 0.6 is 11.6 Å². The second-order valence-corrected chi connectivity index (χ2v) is 4.28. The highest BCUT2D eigenvalue weighted by Gasteiger charge is 2.23. The number of nitro groups is 1. The fourth-order valence-electron chi connectivity index (χ4n) is 1.56. The normalized spacial score (nSPS) is 10.5. The molecule has 3 N–H and O–H groups in total. The number of aryl methyl sites for hydroxylation is 1. The van der Waals surface area contributed by atoms with Crippen molar-refractivity contribution in [3.05, 3.63) is 26.5 Å². The SMILES string of the molecule is Cc1nc(Cl)c([N+](=O)[O-])c(NCCOCCN)c1C. The number of aromatic nitrogens is 1. The summed E-state index contributed by atoms with van der Waals surface area (Å²) in [6.45, 7) is 5.25. The fourth-order valence-corrected chi connectivity index (χ4v) is 1.85. The number of nitrogens with zero attached hydrogens (tertiary/aromatic N) is 2. The van der Waals surface area contributed by atoms with E-state index in [4.69, 9.17) is 22.1 Å². The van der Waals surface area contributed by atoms with Gasteiger partial charge in [0.1, 0.15) is 5.69 Å². The van der Waals surface area contributed by atoms with E-state index in [1.165, 1.54) is 0 Å². The van der Waals surface area contributed by atoms with Crippen molar-refractivity contribution >= 4 is 23.0 Å². The Balaban J connectivity index is 2.88. The zero-order chi connectivity index (χ0) is 14.4. The van der Waals surface area contributed by atoms with Crippen LogP contribution in [0.3, 0.4) is 0 Å². The molecule has 0 bridgehead atoms. The summed E-state index contributed by atoms with van der Waals surface area (Å²) < 4.78 is 5.20. The van der Waals surface area contributed by atoms with Crippen LogP contribution in [0.5, 0.6) is 0 Å². The number of rotatable bonds is 7. The molecule has 0 spiro atoms. The smallest absolute Gasteiger partial charge is 0.329 e. The zero-order valence-corrected chi connectivity index (χ0v) is 11.7. The van der Waals surface area contributed by atoms with Crippen molar-refractivity contribution in [3.63, 3.8) is 0 Å². The molecule has 0 atom stereocenters. The number of hydrogen-bond acceptors (Lipinski definition) is 6. The van der Waals surface area contributed by atoms with Crippen LogP contribution in [-0.4, -0.2) is 36.2 Å². The van der Waals surface area contributed by atoms with Gasteiger partial charge in [-0.05, 0) is 13.8 Å². The molecule has 8 heteroatoms. The Kier molecular flexibility index (Phi) is 5.94. The Labute approximate surface area is 116 Å². The Morgan fingerprint density at radius 1 is 1.47 bits per heavy atom. The molecule has 19 heavy (non-hydrogen) atoms. The van der Waals surface area contributed by atoms with Crippen molar-refractivity contribution in [2.45, 2.75) is 13.8 Å². The van der Waals surface area contributed by atoms with Crippen LogP contribution in [0.4, 0.5) is 11.4 Å². The molecule has 1 aromatic rings. The molecule has 7 nitrogen and oxygen atoms in total. The molecule has 0 saturated heterocycles. The van der Waals surface area contributed by atoms with Crippen LogP contribution < -0.4 is 11.1 Å². The average molecular weight is 289 g/mol. The minimum absolute atomic E-state index is 0.113. The molecule has 1 rings (SSSR count). The van der Waals surface area contributed by atoms with Crippen LogP contribution in [0, 0.1) is 24.0 Å². The molecule has 1 aromatic heterocycles. The molecule has 0 aromatic carbocycles. The Bertz CT molecular complexity index is 468. The van der Waals surface area contributed by atoms with Gasteiger partial charge in [-0.2, -0.15) is 0 Å². The molecular weight excluding hydrogens is 272 g/mol. The number of hydrogen-bond donors (Lipinski definition) is 2. The van der Waals surface area contributed by atoms with Crippen LogP contribution in [0.25, 0.3) is 0 Å². The number of halogens is 1. The van der Waals surface area contributed by atoms with E-state index in [1.807, 2.05) is 0 Å². The first-order valence-corrected chi connectivity index (χ1v) is 6.19. The summed E-state index contributed by atoms with van der Waals surface area (Å²) in [5.74, 6) is 0. The summed E-state index contributed by atoms with van der Waals surface area (Å²) >= 11 is 5.82. The number of ether oxygens (including phenoxy) is 1. The summed E-state index contributed by atoms with van der Waals surface area (Å²) in [7, 11) is 0. The van der Waals surface area contributed by atoms with E-state index in [-0.39, 0.29) is 10.8 Å². The van der Waals surface area contributed by atoms with Gasteiger partial charge in [-0.3, -0.25) is 10.1 Å². The summed E-state index contributed by atoms with van der Waals surface area (Å²) in [6.07, 6.45) is 0. The third-order valence-corrected chi connectivity index (χ3v) is 2.87. The maximum absolute atomic E-state index is 11.0. The van der Waals surface area contributed by atoms with Gasteiger partial charge in [-0.1, -0.05) is 11.6 Å². The maximum Gasteiger partial charge on any atom is 0.329 e. The van der Waals surface area contributed by atoms with Crippen molar-refractivity contribution in [2.24, 2.45) is 5.73 Å². The van der Waals surface area contributed by atoms with Gasteiger partial charge in [0.25, 0.3) is 0 Å². The third kappa shape index (κ3) is 4.02. The quantitative estimate of drug-likeness (QED) is 0.342. The van der Waals surface area contributed by atoms with Crippen molar-refractivity contribution in [1.82, 2.24) is 4.98 Å².